The lowest BCUT2D eigenvalue weighted by Crippen LogP contribution is -2.36. The zero-order chi connectivity index (χ0) is 12.4. The van der Waals surface area contributed by atoms with Gasteiger partial charge in [0.15, 0.2) is 0 Å². The zero-order valence-corrected chi connectivity index (χ0v) is 10.2. The number of aliphatic hydroxyl groups excluding tert-OH is 1. The fraction of sp³-hybridized carbons (Fsp3) is 0.417. The van der Waals surface area contributed by atoms with E-state index in [-0.39, 0.29) is 18.6 Å². The fourth-order valence-corrected chi connectivity index (χ4v) is 2.12. The third-order valence-corrected chi connectivity index (χ3v) is 3.16. The van der Waals surface area contributed by atoms with Crippen LogP contribution in [0, 0.1) is 0 Å². The Labute approximate surface area is 105 Å². The number of nitrogens with two attached hydrogens (primary N) is 1. The molecule has 92 valence electrons. The van der Waals surface area contributed by atoms with Gasteiger partial charge < -0.3 is 15.7 Å². The van der Waals surface area contributed by atoms with Crippen molar-refractivity contribution < 1.29 is 9.90 Å². The smallest absolute Gasteiger partial charge is 0.257 e. The Morgan fingerprint density at radius 3 is 2.76 bits per heavy atom. The number of anilines is 1. The molecule has 0 bridgehead atoms. The molecular formula is C12H15ClN2O2. The number of halogens is 1. The largest absolute Gasteiger partial charge is 0.398 e. The van der Waals surface area contributed by atoms with Crippen molar-refractivity contribution in [3.8, 4) is 0 Å². The molecule has 1 amide bonds. The van der Waals surface area contributed by atoms with Crippen LogP contribution in [0.1, 0.15) is 23.2 Å². The van der Waals surface area contributed by atoms with Crippen LogP contribution in [0.25, 0.3) is 0 Å². The van der Waals surface area contributed by atoms with Crippen LogP contribution >= 0.6 is 11.6 Å². The van der Waals surface area contributed by atoms with Gasteiger partial charge in [-0.05, 0) is 25.0 Å². The molecule has 1 fully saturated rings. The Bertz CT molecular complexity index is 412. The lowest BCUT2D eigenvalue weighted by molar-refractivity contribution is 0.0709. The summed E-state index contributed by atoms with van der Waals surface area (Å²) in [5, 5.41) is 9.35. The highest BCUT2D eigenvalue weighted by atomic mass is 35.5. The van der Waals surface area contributed by atoms with Crippen molar-refractivity contribution >= 4 is 23.2 Å². The molecule has 0 saturated heterocycles. The first-order valence-electron chi connectivity index (χ1n) is 5.61. The van der Waals surface area contributed by atoms with Gasteiger partial charge in [0, 0.05) is 18.3 Å². The molecule has 1 aromatic carbocycles. The zero-order valence-electron chi connectivity index (χ0n) is 9.40. The summed E-state index contributed by atoms with van der Waals surface area (Å²) in [6.07, 6.45) is 1.96. The molecule has 17 heavy (non-hydrogen) atoms. The average Bonchev–Trinajstić information content (AvgIpc) is 3.09. The number of carbonyl (C=O) groups excluding carboxylic acids is 1. The quantitative estimate of drug-likeness (QED) is 0.801. The molecule has 0 atom stereocenters. The number of rotatable bonds is 4. The minimum atomic E-state index is -0.190. The summed E-state index contributed by atoms with van der Waals surface area (Å²) in [4.78, 5) is 14.0. The van der Waals surface area contributed by atoms with Crippen LogP contribution in [0.15, 0.2) is 18.2 Å². The first-order chi connectivity index (χ1) is 8.15. The summed E-state index contributed by atoms with van der Waals surface area (Å²) in [6.45, 7) is 0.279. The van der Waals surface area contributed by atoms with Crippen LogP contribution in [0.2, 0.25) is 5.02 Å². The van der Waals surface area contributed by atoms with Crippen molar-refractivity contribution in [3.05, 3.63) is 28.8 Å². The van der Waals surface area contributed by atoms with Crippen molar-refractivity contribution in [2.75, 3.05) is 18.9 Å². The van der Waals surface area contributed by atoms with Gasteiger partial charge in [0.1, 0.15) is 0 Å². The summed E-state index contributed by atoms with van der Waals surface area (Å²) in [5.41, 5.74) is 6.51. The third-order valence-electron chi connectivity index (χ3n) is 2.85. The van der Waals surface area contributed by atoms with E-state index in [9.17, 15) is 4.79 Å². The molecule has 0 aromatic heterocycles. The van der Waals surface area contributed by atoms with Crippen LogP contribution in [0.3, 0.4) is 0 Å². The highest BCUT2D eigenvalue weighted by molar-refractivity contribution is 6.34. The maximum atomic E-state index is 12.3. The molecule has 1 aliphatic rings. The number of nitrogen functional groups attached to an aromatic ring is 1. The number of hydrogen-bond donors (Lipinski definition) is 2. The second-order valence-electron chi connectivity index (χ2n) is 4.16. The molecule has 1 saturated carbocycles. The van der Waals surface area contributed by atoms with Gasteiger partial charge in [-0.15, -0.1) is 0 Å². The summed E-state index contributed by atoms with van der Waals surface area (Å²) >= 11 is 6.00. The molecule has 2 rings (SSSR count). The molecule has 0 aliphatic heterocycles. The highest BCUT2D eigenvalue weighted by Gasteiger charge is 2.33. The maximum Gasteiger partial charge on any atom is 0.257 e. The van der Waals surface area contributed by atoms with Gasteiger partial charge in [0.05, 0.1) is 17.2 Å². The predicted molar refractivity (Wildman–Crippen MR) is 67.0 cm³/mol. The van der Waals surface area contributed by atoms with Gasteiger partial charge >= 0.3 is 0 Å². The van der Waals surface area contributed by atoms with Crippen LogP contribution in [-0.4, -0.2) is 35.1 Å². The van der Waals surface area contributed by atoms with Gasteiger partial charge in [-0.1, -0.05) is 17.7 Å². The Hall–Kier alpha value is -1.26. The topological polar surface area (TPSA) is 66.6 Å². The van der Waals surface area contributed by atoms with E-state index < -0.39 is 0 Å². The summed E-state index contributed by atoms with van der Waals surface area (Å²) in [7, 11) is 0. The van der Waals surface area contributed by atoms with Gasteiger partial charge in [-0.3, -0.25) is 4.79 Å². The van der Waals surface area contributed by atoms with E-state index in [1.54, 1.807) is 23.1 Å². The van der Waals surface area contributed by atoms with E-state index in [0.717, 1.165) is 12.8 Å². The van der Waals surface area contributed by atoms with Gasteiger partial charge in [0.2, 0.25) is 0 Å². The fourth-order valence-electron chi connectivity index (χ4n) is 1.85. The lowest BCUT2D eigenvalue weighted by Gasteiger charge is -2.22. The van der Waals surface area contributed by atoms with Crippen molar-refractivity contribution in [3.63, 3.8) is 0 Å². The molecule has 0 spiro atoms. The molecular weight excluding hydrogens is 240 g/mol. The average molecular weight is 255 g/mol. The number of benzene rings is 1. The first-order valence-corrected chi connectivity index (χ1v) is 5.98. The number of hydrogen-bond acceptors (Lipinski definition) is 3. The van der Waals surface area contributed by atoms with Crippen molar-refractivity contribution in [1.29, 1.82) is 0 Å². The molecule has 4 nitrogen and oxygen atoms in total. The molecule has 1 aromatic rings. The minimum Gasteiger partial charge on any atom is -0.398 e. The van der Waals surface area contributed by atoms with Crippen molar-refractivity contribution in [2.45, 2.75) is 18.9 Å². The summed E-state index contributed by atoms with van der Waals surface area (Å²) in [5.74, 6) is -0.190. The molecule has 0 unspecified atom stereocenters. The van der Waals surface area contributed by atoms with E-state index in [1.165, 1.54) is 0 Å². The van der Waals surface area contributed by atoms with Crippen LogP contribution in [0.4, 0.5) is 5.69 Å². The van der Waals surface area contributed by atoms with Crippen molar-refractivity contribution in [1.82, 2.24) is 4.90 Å². The van der Waals surface area contributed by atoms with Gasteiger partial charge in [0.25, 0.3) is 5.91 Å². The number of aliphatic hydroxyl groups is 1. The Morgan fingerprint density at radius 2 is 2.24 bits per heavy atom. The normalized spacial score (nSPS) is 14.7. The van der Waals surface area contributed by atoms with E-state index in [4.69, 9.17) is 22.4 Å². The SMILES string of the molecule is Nc1cccc(Cl)c1C(=O)N(CCO)C1CC1. The van der Waals surface area contributed by atoms with Crippen LogP contribution in [-0.2, 0) is 0 Å². The first kappa shape index (κ1) is 12.2. The molecule has 1 aliphatic carbocycles. The third kappa shape index (κ3) is 2.53. The van der Waals surface area contributed by atoms with Gasteiger partial charge in [-0.2, -0.15) is 0 Å². The molecule has 0 radical (unpaired) electrons. The summed E-state index contributed by atoms with van der Waals surface area (Å²) in [6, 6.07) is 5.24. The Balaban J connectivity index is 2.28. The predicted octanol–water partition coefficient (Wildman–Crippen LogP) is 1.52. The van der Waals surface area contributed by atoms with E-state index >= 15 is 0 Å². The second kappa shape index (κ2) is 4.94. The maximum absolute atomic E-state index is 12.3. The molecule has 3 N–H and O–H groups in total. The molecule has 0 heterocycles. The molecule has 5 heteroatoms. The van der Waals surface area contributed by atoms with Crippen molar-refractivity contribution in [2.24, 2.45) is 0 Å². The van der Waals surface area contributed by atoms with Crippen LogP contribution < -0.4 is 5.73 Å². The minimum absolute atomic E-state index is 0.0490. The summed E-state index contributed by atoms with van der Waals surface area (Å²) < 4.78 is 0. The van der Waals surface area contributed by atoms with Gasteiger partial charge in [-0.25, -0.2) is 0 Å². The van der Waals surface area contributed by atoms with E-state index in [1.807, 2.05) is 0 Å². The lowest BCUT2D eigenvalue weighted by atomic mass is 10.1. The monoisotopic (exact) mass is 254 g/mol. The standard InChI is InChI=1S/C12H15ClN2O2/c13-9-2-1-3-10(14)11(9)12(17)15(6-7-16)8-4-5-8/h1-3,8,16H,4-7,14H2. The Morgan fingerprint density at radius 1 is 1.53 bits per heavy atom. The van der Waals surface area contributed by atoms with E-state index in [0.29, 0.717) is 22.8 Å². The number of amides is 1. The number of nitrogens with zero attached hydrogens (tertiary/aromatic N) is 1. The number of carbonyl (C=O) groups is 1. The highest BCUT2D eigenvalue weighted by Crippen LogP contribution is 2.31. The van der Waals surface area contributed by atoms with E-state index in [2.05, 4.69) is 0 Å². The van der Waals surface area contributed by atoms with Crippen LogP contribution in [0.5, 0.6) is 0 Å². The second-order valence-corrected chi connectivity index (χ2v) is 4.56. The Kier molecular flexibility index (Phi) is 3.54.